The summed E-state index contributed by atoms with van der Waals surface area (Å²) in [6.45, 7) is 7.13. The minimum atomic E-state index is -0.557. The zero-order chi connectivity index (χ0) is 18.5. The quantitative estimate of drug-likeness (QED) is 0.870. The molecular weight excluding hydrogens is 353 g/mol. The van der Waals surface area contributed by atoms with Crippen LogP contribution in [0, 0.1) is 12.7 Å². The standard InChI is InChI=1S/C20H23ClFN3O/c1-15-3-2-4-17(13-15)25-11-9-24(10-12-25)8-7-23-20(26)18-14-16(21)5-6-19(18)22/h2-6,13-14H,7-12H2,1H3,(H,23,26). The van der Waals surface area contributed by atoms with Gasteiger partial charge in [-0.1, -0.05) is 23.7 Å². The van der Waals surface area contributed by atoms with Crippen molar-refractivity contribution in [1.29, 1.82) is 0 Å². The Balaban J connectivity index is 1.44. The number of anilines is 1. The third kappa shape index (κ3) is 4.74. The molecular formula is C20H23ClFN3O. The first-order valence-corrected chi connectivity index (χ1v) is 9.18. The van der Waals surface area contributed by atoms with Crippen LogP contribution in [0.1, 0.15) is 15.9 Å². The number of halogens is 2. The van der Waals surface area contributed by atoms with Gasteiger partial charge in [0.1, 0.15) is 5.82 Å². The molecule has 1 aliphatic rings. The van der Waals surface area contributed by atoms with Gasteiger partial charge in [-0.2, -0.15) is 0 Å². The molecule has 26 heavy (non-hydrogen) atoms. The number of hydrogen-bond donors (Lipinski definition) is 1. The van der Waals surface area contributed by atoms with E-state index in [0.717, 1.165) is 32.7 Å². The minimum Gasteiger partial charge on any atom is -0.369 e. The van der Waals surface area contributed by atoms with E-state index in [1.807, 2.05) is 0 Å². The van der Waals surface area contributed by atoms with Crippen LogP contribution in [0.4, 0.5) is 10.1 Å². The van der Waals surface area contributed by atoms with E-state index in [4.69, 9.17) is 11.6 Å². The van der Waals surface area contributed by atoms with E-state index < -0.39 is 11.7 Å². The van der Waals surface area contributed by atoms with Crippen molar-refractivity contribution in [2.75, 3.05) is 44.2 Å². The summed E-state index contributed by atoms with van der Waals surface area (Å²) in [4.78, 5) is 16.8. The third-order valence-corrected chi connectivity index (χ3v) is 4.86. The molecule has 2 aromatic carbocycles. The van der Waals surface area contributed by atoms with Crippen molar-refractivity contribution >= 4 is 23.2 Å². The van der Waals surface area contributed by atoms with Gasteiger partial charge < -0.3 is 10.2 Å². The number of piperazine rings is 1. The summed E-state index contributed by atoms with van der Waals surface area (Å²) in [6.07, 6.45) is 0. The molecule has 0 bridgehead atoms. The van der Waals surface area contributed by atoms with Gasteiger partial charge in [-0.05, 0) is 42.8 Å². The predicted octanol–water partition coefficient (Wildman–Crippen LogP) is 3.34. The zero-order valence-electron chi connectivity index (χ0n) is 14.8. The lowest BCUT2D eigenvalue weighted by atomic mass is 10.2. The second-order valence-corrected chi connectivity index (χ2v) is 6.98. The predicted molar refractivity (Wildman–Crippen MR) is 104 cm³/mol. The van der Waals surface area contributed by atoms with Crippen LogP contribution >= 0.6 is 11.6 Å². The Hall–Kier alpha value is -2.11. The summed E-state index contributed by atoms with van der Waals surface area (Å²) in [7, 11) is 0. The lowest BCUT2D eigenvalue weighted by Gasteiger charge is -2.36. The molecule has 6 heteroatoms. The molecule has 0 radical (unpaired) electrons. The smallest absolute Gasteiger partial charge is 0.254 e. The second kappa shape index (κ2) is 8.52. The number of nitrogens with zero attached hydrogens (tertiary/aromatic N) is 2. The zero-order valence-corrected chi connectivity index (χ0v) is 15.6. The molecule has 138 valence electrons. The van der Waals surface area contributed by atoms with Gasteiger partial charge in [0.25, 0.3) is 5.91 Å². The largest absolute Gasteiger partial charge is 0.369 e. The van der Waals surface area contributed by atoms with Crippen molar-refractivity contribution < 1.29 is 9.18 Å². The number of rotatable bonds is 5. The second-order valence-electron chi connectivity index (χ2n) is 6.55. The van der Waals surface area contributed by atoms with Crippen LogP contribution in [0.3, 0.4) is 0 Å². The van der Waals surface area contributed by atoms with Gasteiger partial charge in [0, 0.05) is 50.0 Å². The average molecular weight is 376 g/mol. The third-order valence-electron chi connectivity index (χ3n) is 4.63. The molecule has 0 atom stereocenters. The molecule has 1 saturated heterocycles. The molecule has 0 aromatic heterocycles. The summed E-state index contributed by atoms with van der Waals surface area (Å²) in [6, 6.07) is 12.5. The summed E-state index contributed by atoms with van der Waals surface area (Å²) in [5, 5.41) is 3.12. The molecule has 1 aliphatic heterocycles. The number of carbonyl (C=O) groups is 1. The molecule has 2 aromatic rings. The van der Waals surface area contributed by atoms with E-state index in [1.165, 1.54) is 29.4 Å². The number of amides is 1. The van der Waals surface area contributed by atoms with Crippen molar-refractivity contribution in [3.05, 3.63) is 64.4 Å². The van der Waals surface area contributed by atoms with Crippen LogP contribution in [0.2, 0.25) is 5.02 Å². The van der Waals surface area contributed by atoms with Gasteiger partial charge in [0.15, 0.2) is 0 Å². The molecule has 3 rings (SSSR count). The maximum Gasteiger partial charge on any atom is 0.254 e. The molecule has 4 nitrogen and oxygen atoms in total. The molecule has 1 fully saturated rings. The first-order valence-electron chi connectivity index (χ1n) is 8.80. The fourth-order valence-electron chi connectivity index (χ4n) is 3.15. The van der Waals surface area contributed by atoms with Crippen LogP contribution in [0.25, 0.3) is 0 Å². The SMILES string of the molecule is Cc1cccc(N2CCN(CCNC(=O)c3cc(Cl)ccc3F)CC2)c1. The Bertz CT molecular complexity index is 775. The topological polar surface area (TPSA) is 35.6 Å². The lowest BCUT2D eigenvalue weighted by molar-refractivity contribution is 0.0943. The Morgan fingerprint density at radius 1 is 1.15 bits per heavy atom. The van der Waals surface area contributed by atoms with E-state index in [1.54, 1.807) is 0 Å². The van der Waals surface area contributed by atoms with Crippen LogP contribution < -0.4 is 10.2 Å². The van der Waals surface area contributed by atoms with Crippen LogP contribution in [0.5, 0.6) is 0 Å². The number of carbonyl (C=O) groups excluding carboxylic acids is 1. The van der Waals surface area contributed by atoms with Gasteiger partial charge in [-0.25, -0.2) is 4.39 Å². The summed E-state index contributed by atoms with van der Waals surface area (Å²) in [5.41, 5.74) is 2.51. The van der Waals surface area contributed by atoms with E-state index in [0.29, 0.717) is 11.6 Å². The van der Waals surface area contributed by atoms with Crippen molar-refractivity contribution in [2.24, 2.45) is 0 Å². The first kappa shape index (κ1) is 18.7. The lowest BCUT2D eigenvalue weighted by Crippen LogP contribution is -2.48. The number of aryl methyl sites for hydroxylation is 1. The van der Waals surface area contributed by atoms with Crippen molar-refractivity contribution in [3.8, 4) is 0 Å². The number of hydrogen-bond acceptors (Lipinski definition) is 3. The monoisotopic (exact) mass is 375 g/mol. The molecule has 1 amide bonds. The highest BCUT2D eigenvalue weighted by Crippen LogP contribution is 2.18. The van der Waals surface area contributed by atoms with E-state index in [9.17, 15) is 9.18 Å². The Morgan fingerprint density at radius 2 is 1.92 bits per heavy atom. The average Bonchev–Trinajstić information content (AvgIpc) is 2.64. The van der Waals surface area contributed by atoms with Gasteiger partial charge in [0.2, 0.25) is 0 Å². The van der Waals surface area contributed by atoms with E-state index in [2.05, 4.69) is 46.3 Å². The maximum atomic E-state index is 13.7. The normalized spacial score (nSPS) is 15.1. The highest BCUT2D eigenvalue weighted by atomic mass is 35.5. The van der Waals surface area contributed by atoms with Crippen molar-refractivity contribution in [2.45, 2.75) is 6.92 Å². The van der Waals surface area contributed by atoms with Gasteiger partial charge >= 0.3 is 0 Å². The van der Waals surface area contributed by atoms with Crippen molar-refractivity contribution in [1.82, 2.24) is 10.2 Å². The molecule has 1 heterocycles. The van der Waals surface area contributed by atoms with Crippen LogP contribution in [-0.2, 0) is 0 Å². The maximum absolute atomic E-state index is 13.7. The number of benzene rings is 2. The molecule has 0 spiro atoms. The summed E-state index contributed by atoms with van der Waals surface area (Å²) >= 11 is 5.83. The van der Waals surface area contributed by atoms with Crippen LogP contribution in [-0.4, -0.2) is 50.1 Å². The first-order chi connectivity index (χ1) is 12.5. The highest BCUT2D eigenvalue weighted by Gasteiger charge is 2.18. The van der Waals surface area contributed by atoms with Crippen LogP contribution in [0.15, 0.2) is 42.5 Å². The molecule has 1 N–H and O–H groups in total. The Morgan fingerprint density at radius 3 is 2.65 bits per heavy atom. The minimum absolute atomic E-state index is 0.0123. The summed E-state index contributed by atoms with van der Waals surface area (Å²) < 4.78 is 13.7. The fourth-order valence-corrected chi connectivity index (χ4v) is 3.32. The Kier molecular flexibility index (Phi) is 6.12. The Labute approximate surface area is 158 Å². The number of nitrogens with one attached hydrogen (secondary N) is 1. The highest BCUT2D eigenvalue weighted by molar-refractivity contribution is 6.31. The molecule has 0 saturated carbocycles. The van der Waals surface area contributed by atoms with E-state index >= 15 is 0 Å². The van der Waals surface area contributed by atoms with Crippen molar-refractivity contribution in [3.63, 3.8) is 0 Å². The fraction of sp³-hybridized carbons (Fsp3) is 0.350. The molecule has 0 unspecified atom stereocenters. The van der Waals surface area contributed by atoms with Gasteiger partial charge in [0.05, 0.1) is 5.56 Å². The van der Waals surface area contributed by atoms with Gasteiger partial charge in [-0.3, -0.25) is 9.69 Å². The summed E-state index contributed by atoms with van der Waals surface area (Å²) in [5.74, 6) is -0.984. The van der Waals surface area contributed by atoms with E-state index in [-0.39, 0.29) is 5.56 Å². The van der Waals surface area contributed by atoms with Gasteiger partial charge in [-0.15, -0.1) is 0 Å². The molecule has 0 aliphatic carbocycles.